The van der Waals surface area contributed by atoms with Gasteiger partial charge in [0.15, 0.2) is 0 Å². The van der Waals surface area contributed by atoms with Crippen LogP contribution in [0.1, 0.15) is 24.0 Å². The molecule has 0 saturated carbocycles. The fraction of sp³-hybridized carbons (Fsp3) is 0.600. The van der Waals surface area contributed by atoms with Crippen molar-refractivity contribution in [3.05, 3.63) is 35.4 Å². The molecule has 2 atom stereocenters. The van der Waals surface area contributed by atoms with Gasteiger partial charge in [-0.05, 0) is 49.9 Å². The van der Waals surface area contributed by atoms with Crippen molar-refractivity contribution < 1.29 is 17.9 Å². The van der Waals surface area contributed by atoms with Crippen LogP contribution in [-0.4, -0.2) is 26.3 Å². The predicted octanol–water partition coefficient (Wildman–Crippen LogP) is 3.26. The minimum atomic E-state index is -4.27. The third-order valence-corrected chi connectivity index (χ3v) is 3.87. The molecule has 0 aromatic heterocycles. The number of halogens is 3. The molecule has 1 saturated heterocycles. The number of ether oxygens (including phenoxy) is 1. The van der Waals surface area contributed by atoms with E-state index in [0.29, 0.717) is 5.92 Å². The molecule has 1 fully saturated rings. The minimum absolute atomic E-state index is 0.243. The number of alkyl halides is 3. The summed E-state index contributed by atoms with van der Waals surface area (Å²) in [6, 6.07) is 5.68. The van der Waals surface area contributed by atoms with Crippen molar-refractivity contribution >= 4 is 0 Å². The highest BCUT2D eigenvalue weighted by molar-refractivity contribution is 5.25. The van der Waals surface area contributed by atoms with Crippen molar-refractivity contribution in [2.45, 2.75) is 31.5 Å². The predicted molar refractivity (Wildman–Crippen MR) is 71.5 cm³/mol. The van der Waals surface area contributed by atoms with E-state index in [4.69, 9.17) is 4.74 Å². The molecule has 1 N–H and O–H groups in total. The van der Waals surface area contributed by atoms with Gasteiger partial charge in [-0.1, -0.05) is 12.1 Å². The van der Waals surface area contributed by atoms with E-state index in [-0.39, 0.29) is 6.04 Å². The number of nitrogens with one attached hydrogen (secondary N) is 1. The summed E-state index contributed by atoms with van der Waals surface area (Å²) >= 11 is 0. The van der Waals surface area contributed by atoms with Gasteiger partial charge in [0.2, 0.25) is 0 Å². The SMILES string of the molecule is CNC(Cc1ccc(C(F)(F)F)cc1)C1CCCOC1. The van der Waals surface area contributed by atoms with Gasteiger partial charge in [0.25, 0.3) is 0 Å². The van der Waals surface area contributed by atoms with Crippen LogP contribution in [0.4, 0.5) is 13.2 Å². The lowest BCUT2D eigenvalue weighted by atomic mass is 9.89. The van der Waals surface area contributed by atoms with Crippen molar-refractivity contribution in [2.24, 2.45) is 5.92 Å². The third-order valence-electron chi connectivity index (χ3n) is 3.87. The third kappa shape index (κ3) is 3.96. The summed E-state index contributed by atoms with van der Waals surface area (Å²) in [5.74, 6) is 0.427. The Morgan fingerprint density at radius 3 is 2.50 bits per heavy atom. The van der Waals surface area contributed by atoms with E-state index in [1.807, 2.05) is 7.05 Å². The molecule has 20 heavy (non-hydrogen) atoms. The maximum atomic E-state index is 12.5. The van der Waals surface area contributed by atoms with E-state index in [0.717, 1.165) is 50.2 Å². The van der Waals surface area contributed by atoms with Crippen LogP contribution in [-0.2, 0) is 17.3 Å². The van der Waals surface area contributed by atoms with Crippen LogP contribution in [0, 0.1) is 5.92 Å². The van der Waals surface area contributed by atoms with Gasteiger partial charge < -0.3 is 10.1 Å². The van der Waals surface area contributed by atoms with Crippen molar-refractivity contribution in [1.29, 1.82) is 0 Å². The fourth-order valence-electron chi connectivity index (χ4n) is 2.67. The van der Waals surface area contributed by atoms with Crippen LogP contribution in [0.15, 0.2) is 24.3 Å². The number of rotatable bonds is 4. The van der Waals surface area contributed by atoms with Gasteiger partial charge in [-0.15, -0.1) is 0 Å². The Morgan fingerprint density at radius 1 is 1.30 bits per heavy atom. The molecular weight excluding hydrogens is 267 g/mol. The normalized spacial score (nSPS) is 21.7. The molecule has 1 heterocycles. The number of hydrogen-bond acceptors (Lipinski definition) is 2. The summed E-state index contributed by atoms with van der Waals surface area (Å²) in [5.41, 5.74) is 0.325. The Labute approximate surface area is 117 Å². The maximum absolute atomic E-state index is 12.5. The first kappa shape index (κ1) is 15.3. The highest BCUT2D eigenvalue weighted by Gasteiger charge is 2.30. The molecule has 2 nitrogen and oxygen atoms in total. The van der Waals surface area contributed by atoms with E-state index in [2.05, 4.69) is 5.32 Å². The van der Waals surface area contributed by atoms with Crippen molar-refractivity contribution in [3.8, 4) is 0 Å². The maximum Gasteiger partial charge on any atom is 0.416 e. The Morgan fingerprint density at radius 2 is 2.00 bits per heavy atom. The smallest absolute Gasteiger partial charge is 0.381 e. The molecule has 1 aromatic rings. The minimum Gasteiger partial charge on any atom is -0.381 e. The van der Waals surface area contributed by atoms with Gasteiger partial charge in [0.1, 0.15) is 0 Å². The van der Waals surface area contributed by atoms with Crippen LogP contribution in [0.5, 0.6) is 0 Å². The van der Waals surface area contributed by atoms with E-state index in [1.165, 1.54) is 0 Å². The lowest BCUT2D eigenvalue weighted by molar-refractivity contribution is -0.137. The molecule has 0 bridgehead atoms. The van der Waals surface area contributed by atoms with Gasteiger partial charge in [-0.25, -0.2) is 0 Å². The second kappa shape index (κ2) is 6.59. The van der Waals surface area contributed by atoms with E-state index in [9.17, 15) is 13.2 Å². The molecule has 0 spiro atoms. The first-order valence-electron chi connectivity index (χ1n) is 6.92. The summed E-state index contributed by atoms with van der Waals surface area (Å²) in [7, 11) is 1.89. The van der Waals surface area contributed by atoms with Gasteiger partial charge >= 0.3 is 6.18 Å². The van der Waals surface area contributed by atoms with Crippen LogP contribution in [0.3, 0.4) is 0 Å². The molecule has 2 rings (SSSR count). The zero-order valence-corrected chi connectivity index (χ0v) is 11.5. The highest BCUT2D eigenvalue weighted by Crippen LogP contribution is 2.29. The van der Waals surface area contributed by atoms with Gasteiger partial charge in [-0.3, -0.25) is 0 Å². The van der Waals surface area contributed by atoms with Crippen LogP contribution >= 0.6 is 0 Å². The summed E-state index contributed by atoms with van der Waals surface area (Å²) in [4.78, 5) is 0. The molecular formula is C15H20F3NO. The van der Waals surface area contributed by atoms with E-state index < -0.39 is 11.7 Å². The lowest BCUT2D eigenvalue weighted by Crippen LogP contribution is -2.39. The molecule has 0 aliphatic carbocycles. The van der Waals surface area contributed by atoms with E-state index >= 15 is 0 Å². The average Bonchev–Trinajstić information content (AvgIpc) is 2.45. The average molecular weight is 287 g/mol. The monoisotopic (exact) mass is 287 g/mol. The second-order valence-electron chi connectivity index (χ2n) is 5.27. The largest absolute Gasteiger partial charge is 0.416 e. The summed E-state index contributed by atoms with van der Waals surface area (Å²) in [6.45, 7) is 1.54. The van der Waals surface area contributed by atoms with Gasteiger partial charge in [0, 0.05) is 12.6 Å². The number of likely N-dealkylation sites (N-methyl/N-ethyl adjacent to an activating group) is 1. The molecule has 112 valence electrons. The topological polar surface area (TPSA) is 21.3 Å². The standard InChI is InChI=1S/C15H20F3NO/c1-19-14(12-3-2-8-20-10-12)9-11-4-6-13(7-5-11)15(16,17)18/h4-7,12,14,19H,2-3,8-10H2,1H3. The molecule has 1 aliphatic heterocycles. The highest BCUT2D eigenvalue weighted by atomic mass is 19.4. The molecule has 0 radical (unpaired) electrons. The first-order valence-corrected chi connectivity index (χ1v) is 6.92. The lowest BCUT2D eigenvalue weighted by Gasteiger charge is -2.30. The molecule has 1 aromatic carbocycles. The Balaban J connectivity index is 2.00. The zero-order valence-electron chi connectivity index (χ0n) is 11.5. The summed E-state index contributed by atoms with van der Waals surface area (Å²) in [5, 5.41) is 3.26. The number of hydrogen-bond donors (Lipinski definition) is 1. The van der Waals surface area contributed by atoms with Crippen molar-refractivity contribution in [3.63, 3.8) is 0 Å². The molecule has 5 heteroatoms. The van der Waals surface area contributed by atoms with Crippen LogP contribution in [0.25, 0.3) is 0 Å². The second-order valence-corrected chi connectivity index (χ2v) is 5.27. The van der Waals surface area contributed by atoms with E-state index in [1.54, 1.807) is 12.1 Å². The Bertz CT molecular complexity index is 410. The number of benzene rings is 1. The van der Waals surface area contributed by atoms with Crippen molar-refractivity contribution in [1.82, 2.24) is 5.32 Å². The van der Waals surface area contributed by atoms with Gasteiger partial charge in [0.05, 0.1) is 12.2 Å². The molecule has 1 aliphatic rings. The Kier molecular flexibility index (Phi) is 5.05. The van der Waals surface area contributed by atoms with Crippen LogP contribution < -0.4 is 5.32 Å². The molecule has 2 unspecified atom stereocenters. The molecule has 0 amide bonds. The first-order chi connectivity index (χ1) is 9.50. The summed E-state index contributed by atoms with van der Waals surface area (Å²) in [6.07, 6.45) is -1.39. The van der Waals surface area contributed by atoms with Gasteiger partial charge in [-0.2, -0.15) is 13.2 Å². The van der Waals surface area contributed by atoms with Crippen LogP contribution in [0.2, 0.25) is 0 Å². The zero-order chi connectivity index (χ0) is 14.6. The quantitative estimate of drug-likeness (QED) is 0.917. The summed E-state index contributed by atoms with van der Waals surface area (Å²) < 4.78 is 43.0. The van der Waals surface area contributed by atoms with Crippen molar-refractivity contribution in [2.75, 3.05) is 20.3 Å². The Hall–Kier alpha value is -1.07. The fourth-order valence-corrected chi connectivity index (χ4v) is 2.67.